The molecule has 0 bridgehead atoms. The Hall–Kier alpha value is -1.99. The molecule has 6 nitrogen and oxygen atoms in total. The van der Waals surface area contributed by atoms with Gasteiger partial charge >= 0.3 is 0 Å². The number of hydrogen-bond acceptors (Lipinski definition) is 5. The highest BCUT2D eigenvalue weighted by atomic mass is 32.1. The van der Waals surface area contributed by atoms with Gasteiger partial charge in [-0.05, 0) is 18.9 Å². The lowest BCUT2D eigenvalue weighted by atomic mass is 10.1. The van der Waals surface area contributed by atoms with E-state index >= 15 is 0 Å². The summed E-state index contributed by atoms with van der Waals surface area (Å²) in [6, 6.07) is 8.59. The Bertz CT molecular complexity index is 768. The van der Waals surface area contributed by atoms with Crippen LogP contribution in [0.4, 0.5) is 5.13 Å². The Morgan fingerprint density at radius 2 is 1.93 bits per heavy atom. The summed E-state index contributed by atoms with van der Waals surface area (Å²) in [7, 11) is 0. The molecule has 0 atom stereocenters. The number of unbranched alkanes of at least 4 members (excludes halogenated alkanes) is 3. The van der Waals surface area contributed by atoms with Gasteiger partial charge in [0.2, 0.25) is 11.0 Å². The van der Waals surface area contributed by atoms with Crippen molar-refractivity contribution in [2.24, 2.45) is 0 Å². The third-order valence-corrected chi connectivity index (χ3v) is 6.55. The Kier molecular flexibility index (Phi) is 9.08. The zero-order chi connectivity index (χ0) is 21.2. The van der Waals surface area contributed by atoms with Crippen LogP contribution < -0.4 is 15.1 Å². The number of anilines is 1. The Labute approximate surface area is 184 Å². The number of nitrogens with one attached hydrogen (secondary N) is 2. The van der Waals surface area contributed by atoms with Crippen LogP contribution in [0.5, 0.6) is 0 Å². The highest BCUT2D eigenvalue weighted by Crippen LogP contribution is 2.19. The van der Waals surface area contributed by atoms with Gasteiger partial charge in [-0.3, -0.25) is 4.79 Å². The number of carbonyl (C=O) groups excluding carboxylic acids is 1. The molecule has 2 aromatic rings. The molecule has 0 saturated carbocycles. The molecule has 1 saturated heterocycles. The summed E-state index contributed by atoms with van der Waals surface area (Å²) in [4.78, 5) is 20.6. The van der Waals surface area contributed by atoms with Crippen LogP contribution in [0.2, 0.25) is 0 Å². The van der Waals surface area contributed by atoms with E-state index in [-0.39, 0.29) is 5.91 Å². The van der Waals surface area contributed by atoms with Crippen LogP contribution in [-0.2, 0) is 11.2 Å². The second-order valence-corrected chi connectivity index (χ2v) is 9.03. The van der Waals surface area contributed by atoms with Crippen molar-refractivity contribution < 1.29 is 9.69 Å². The van der Waals surface area contributed by atoms with Crippen LogP contribution in [0.25, 0.3) is 0 Å². The first-order chi connectivity index (χ1) is 14.6. The van der Waals surface area contributed by atoms with E-state index < -0.39 is 0 Å². The van der Waals surface area contributed by atoms with Gasteiger partial charge in [0.05, 0.1) is 39.3 Å². The van der Waals surface area contributed by atoms with E-state index in [1.54, 1.807) is 4.90 Å². The molecule has 2 N–H and O–H groups in total. The Balaban J connectivity index is 1.34. The van der Waals surface area contributed by atoms with E-state index in [9.17, 15) is 4.79 Å². The smallest absolute Gasteiger partial charge is 0.220 e. The van der Waals surface area contributed by atoms with Crippen LogP contribution >= 0.6 is 11.5 Å². The highest BCUT2D eigenvalue weighted by molar-refractivity contribution is 7.09. The topological polar surface area (TPSA) is 62.6 Å². The maximum atomic E-state index is 11.9. The average Bonchev–Trinajstić information content (AvgIpc) is 3.22. The predicted molar refractivity (Wildman–Crippen MR) is 123 cm³/mol. The highest BCUT2D eigenvalue weighted by Gasteiger charge is 2.22. The molecule has 2 heterocycles. The van der Waals surface area contributed by atoms with Crippen molar-refractivity contribution in [3.8, 4) is 0 Å². The molecule has 164 valence electrons. The van der Waals surface area contributed by atoms with Crippen molar-refractivity contribution >= 4 is 22.6 Å². The summed E-state index contributed by atoms with van der Waals surface area (Å²) in [5, 5.41) is 4.12. The number of nitrogens with zero attached hydrogens (tertiary/aromatic N) is 3. The lowest BCUT2D eigenvalue weighted by Crippen LogP contribution is -3.15. The Morgan fingerprint density at radius 3 is 2.67 bits per heavy atom. The number of carbonyl (C=O) groups is 1. The molecule has 0 unspecified atom stereocenters. The minimum Gasteiger partial charge on any atom is -0.350 e. The summed E-state index contributed by atoms with van der Waals surface area (Å²) in [5.41, 5.74) is 2.53. The van der Waals surface area contributed by atoms with Gasteiger partial charge in [-0.25, -0.2) is 4.98 Å². The quantitative estimate of drug-likeness (QED) is 0.537. The summed E-state index contributed by atoms with van der Waals surface area (Å²) in [6.07, 6.45) is 6.07. The fourth-order valence-electron chi connectivity index (χ4n) is 3.78. The SMILES string of the molecule is CCCCCCC(=O)NCC[NH+]1CCN(c2nc(Cc3ccc(C)cc3)ns2)CC1. The largest absolute Gasteiger partial charge is 0.350 e. The van der Waals surface area contributed by atoms with Crippen LogP contribution in [0, 0.1) is 6.92 Å². The number of amides is 1. The molecular weight excluding hydrogens is 394 g/mol. The molecule has 1 aliphatic rings. The van der Waals surface area contributed by atoms with Crippen molar-refractivity contribution in [1.29, 1.82) is 0 Å². The molecule has 7 heteroatoms. The van der Waals surface area contributed by atoms with Crippen LogP contribution in [0.3, 0.4) is 0 Å². The number of rotatable bonds is 11. The van der Waals surface area contributed by atoms with Crippen molar-refractivity contribution in [2.75, 3.05) is 44.2 Å². The predicted octanol–water partition coefficient (Wildman–Crippen LogP) is 2.23. The number of aryl methyl sites for hydroxylation is 1. The number of aromatic nitrogens is 2. The first kappa shape index (κ1) is 22.7. The van der Waals surface area contributed by atoms with E-state index in [2.05, 4.69) is 52.7 Å². The molecule has 3 rings (SSSR count). The van der Waals surface area contributed by atoms with Gasteiger partial charge in [0, 0.05) is 24.4 Å². The van der Waals surface area contributed by atoms with E-state index in [1.165, 1.54) is 35.5 Å². The third kappa shape index (κ3) is 7.36. The number of hydrogen-bond donors (Lipinski definition) is 2. The molecular formula is C23H36N5OS+. The molecule has 0 radical (unpaired) electrons. The second kappa shape index (κ2) is 12.0. The maximum absolute atomic E-state index is 11.9. The minimum absolute atomic E-state index is 0.208. The molecule has 1 amide bonds. The summed E-state index contributed by atoms with van der Waals surface area (Å²) < 4.78 is 4.57. The molecule has 0 spiro atoms. The van der Waals surface area contributed by atoms with Crippen molar-refractivity contribution in [2.45, 2.75) is 52.4 Å². The molecule has 0 aliphatic carbocycles. The van der Waals surface area contributed by atoms with Crippen LogP contribution in [-0.4, -0.2) is 54.5 Å². The molecule has 1 aromatic heterocycles. The van der Waals surface area contributed by atoms with Gasteiger partial charge in [-0.15, -0.1) is 0 Å². The normalized spacial score (nSPS) is 14.8. The van der Waals surface area contributed by atoms with E-state index in [1.807, 2.05) is 0 Å². The van der Waals surface area contributed by atoms with Crippen molar-refractivity contribution in [3.63, 3.8) is 0 Å². The van der Waals surface area contributed by atoms with E-state index in [0.717, 1.165) is 69.5 Å². The van der Waals surface area contributed by atoms with Crippen LogP contribution in [0.15, 0.2) is 24.3 Å². The molecule has 1 aromatic carbocycles. The number of quaternary nitrogens is 1. The summed E-state index contributed by atoms with van der Waals surface area (Å²) >= 11 is 1.51. The summed E-state index contributed by atoms with van der Waals surface area (Å²) in [6.45, 7) is 10.2. The van der Waals surface area contributed by atoms with Gasteiger partial charge in [0.1, 0.15) is 5.82 Å². The molecule has 30 heavy (non-hydrogen) atoms. The first-order valence-electron chi connectivity index (χ1n) is 11.4. The monoisotopic (exact) mass is 430 g/mol. The molecule has 1 fully saturated rings. The third-order valence-electron chi connectivity index (χ3n) is 5.74. The van der Waals surface area contributed by atoms with Gasteiger partial charge in [0.25, 0.3) is 0 Å². The lowest BCUT2D eigenvalue weighted by Gasteiger charge is -2.31. The summed E-state index contributed by atoms with van der Waals surface area (Å²) in [5.74, 6) is 1.12. The van der Waals surface area contributed by atoms with Crippen molar-refractivity contribution in [1.82, 2.24) is 14.7 Å². The van der Waals surface area contributed by atoms with Gasteiger partial charge in [-0.1, -0.05) is 56.0 Å². The van der Waals surface area contributed by atoms with E-state index in [4.69, 9.17) is 4.98 Å². The fraction of sp³-hybridized carbons (Fsp3) is 0.609. The standard InChI is InChI=1S/C23H35N5OS/c1-3-4-5-6-7-22(29)24-12-13-27-14-16-28(17-15-27)23-25-21(26-30-23)18-20-10-8-19(2)9-11-20/h8-11H,3-7,12-18H2,1-2H3,(H,24,29)/p+1. The zero-order valence-electron chi connectivity index (χ0n) is 18.5. The number of piperazine rings is 1. The van der Waals surface area contributed by atoms with Gasteiger partial charge in [0.15, 0.2) is 0 Å². The maximum Gasteiger partial charge on any atom is 0.220 e. The zero-order valence-corrected chi connectivity index (χ0v) is 19.3. The number of benzene rings is 1. The fourth-order valence-corrected chi connectivity index (χ4v) is 4.51. The first-order valence-corrected chi connectivity index (χ1v) is 12.1. The second-order valence-electron chi connectivity index (χ2n) is 8.30. The van der Waals surface area contributed by atoms with Crippen molar-refractivity contribution in [3.05, 3.63) is 41.2 Å². The Morgan fingerprint density at radius 1 is 1.17 bits per heavy atom. The lowest BCUT2D eigenvalue weighted by molar-refractivity contribution is -0.899. The van der Waals surface area contributed by atoms with E-state index in [0.29, 0.717) is 6.42 Å². The van der Waals surface area contributed by atoms with Gasteiger partial charge < -0.3 is 15.1 Å². The van der Waals surface area contributed by atoms with Crippen LogP contribution in [0.1, 0.15) is 56.0 Å². The average molecular weight is 431 g/mol. The van der Waals surface area contributed by atoms with Gasteiger partial charge in [-0.2, -0.15) is 4.37 Å². The molecule has 1 aliphatic heterocycles. The minimum atomic E-state index is 0.208.